The first-order valence-corrected chi connectivity index (χ1v) is 8.23. The lowest BCUT2D eigenvalue weighted by atomic mass is 9.98. The number of aromatic nitrogens is 2. The van der Waals surface area contributed by atoms with E-state index in [1.807, 2.05) is 11.8 Å². The quantitative estimate of drug-likeness (QED) is 0.920. The van der Waals surface area contributed by atoms with Gasteiger partial charge in [0, 0.05) is 12.1 Å². The Morgan fingerprint density at radius 3 is 3.20 bits per heavy atom. The molecule has 1 saturated heterocycles. The van der Waals surface area contributed by atoms with Gasteiger partial charge in [-0.1, -0.05) is 11.2 Å². The molecule has 0 saturated carbocycles. The Bertz CT molecular complexity index is 619. The van der Waals surface area contributed by atoms with E-state index in [1.165, 1.54) is 23.3 Å². The van der Waals surface area contributed by atoms with Crippen molar-refractivity contribution in [2.45, 2.75) is 31.1 Å². The highest BCUT2D eigenvalue weighted by Gasteiger charge is 2.23. The summed E-state index contributed by atoms with van der Waals surface area (Å²) in [6.07, 6.45) is 3.52. The van der Waals surface area contributed by atoms with Crippen LogP contribution in [0.3, 0.4) is 0 Å². The van der Waals surface area contributed by atoms with Gasteiger partial charge in [-0.25, -0.2) is 0 Å². The number of fused-ring (bicyclic) bond motifs is 1. The minimum Gasteiger partial charge on any atom is -0.334 e. The summed E-state index contributed by atoms with van der Waals surface area (Å²) < 4.78 is 5.46. The standard InChI is InChI=1S/C15H17N3OS/c1-2-13(20-7-1)14-17-15(19-18-14)11-4-3-10-5-6-16-9-12(10)8-11/h3-4,8,13,16H,1-2,5-7,9H2. The summed E-state index contributed by atoms with van der Waals surface area (Å²) in [5.41, 5.74) is 3.82. The first kappa shape index (κ1) is 12.4. The van der Waals surface area contributed by atoms with E-state index >= 15 is 0 Å². The predicted molar refractivity (Wildman–Crippen MR) is 79.6 cm³/mol. The molecule has 20 heavy (non-hydrogen) atoms. The van der Waals surface area contributed by atoms with Crippen molar-refractivity contribution in [3.63, 3.8) is 0 Å². The fraction of sp³-hybridized carbons (Fsp3) is 0.467. The molecule has 0 bridgehead atoms. The van der Waals surface area contributed by atoms with Gasteiger partial charge >= 0.3 is 0 Å². The van der Waals surface area contributed by atoms with Gasteiger partial charge in [0.05, 0.1) is 5.25 Å². The van der Waals surface area contributed by atoms with Crippen LogP contribution in [-0.4, -0.2) is 22.4 Å². The molecule has 0 amide bonds. The van der Waals surface area contributed by atoms with E-state index in [0.29, 0.717) is 11.1 Å². The molecule has 1 fully saturated rings. The van der Waals surface area contributed by atoms with Gasteiger partial charge < -0.3 is 9.84 Å². The number of hydrogen-bond acceptors (Lipinski definition) is 5. The third kappa shape index (κ3) is 2.25. The summed E-state index contributed by atoms with van der Waals surface area (Å²) in [6.45, 7) is 2.00. The molecule has 4 nitrogen and oxygen atoms in total. The molecule has 0 aliphatic carbocycles. The molecule has 0 radical (unpaired) electrons. The molecule has 1 aromatic carbocycles. The summed E-state index contributed by atoms with van der Waals surface area (Å²) >= 11 is 1.93. The zero-order chi connectivity index (χ0) is 13.4. The van der Waals surface area contributed by atoms with Crippen molar-refractivity contribution in [1.82, 2.24) is 15.5 Å². The third-order valence-electron chi connectivity index (χ3n) is 4.00. The summed E-state index contributed by atoms with van der Waals surface area (Å²) in [6, 6.07) is 6.48. The van der Waals surface area contributed by atoms with Gasteiger partial charge in [-0.3, -0.25) is 0 Å². The lowest BCUT2D eigenvalue weighted by Crippen LogP contribution is -2.23. The SMILES string of the molecule is c1cc2c(cc1-c1nc(C3CCCS3)no1)CNCC2. The first-order chi connectivity index (χ1) is 9.90. The maximum atomic E-state index is 5.46. The number of rotatable bonds is 2. The van der Waals surface area contributed by atoms with Crippen molar-refractivity contribution < 1.29 is 4.52 Å². The van der Waals surface area contributed by atoms with Crippen LogP contribution in [0.25, 0.3) is 11.5 Å². The van der Waals surface area contributed by atoms with Crippen molar-refractivity contribution in [1.29, 1.82) is 0 Å². The van der Waals surface area contributed by atoms with Crippen LogP contribution >= 0.6 is 11.8 Å². The van der Waals surface area contributed by atoms with E-state index in [9.17, 15) is 0 Å². The van der Waals surface area contributed by atoms with Gasteiger partial charge in [0.1, 0.15) is 0 Å². The molecular weight excluding hydrogens is 270 g/mol. The Morgan fingerprint density at radius 1 is 1.30 bits per heavy atom. The number of hydrogen-bond donors (Lipinski definition) is 1. The normalized spacial score (nSPS) is 21.9. The van der Waals surface area contributed by atoms with Gasteiger partial charge in [-0.15, -0.1) is 0 Å². The molecule has 1 atom stereocenters. The maximum Gasteiger partial charge on any atom is 0.257 e. The van der Waals surface area contributed by atoms with E-state index in [4.69, 9.17) is 4.52 Å². The molecule has 3 heterocycles. The predicted octanol–water partition coefficient (Wildman–Crippen LogP) is 2.95. The van der Waals surface area contributed by atoms with E-state index in [0.717, 1.165) is 37.3 Å². The second-order valence-corrected chi connectivity index (χ2v) is 6.68. The summed E-state index contributed by atoms with van der Waals surface area (Å²) in [5, 5.41) is 7.99. The molecule has 104 valence electrons. The van der Waals surface area contributed by atoms with Crippen LogP contribution < -0.4 is 5.32 Å². The van der Waals surface area contributed by atoms with Gasteiger partial charge in [-0.05, 0) is 54.8 Å². The van der Waals surface area contributed by atoms with E-state index in [1.54, 1.807) is 0 Å². The van der Waals surface area contributed by atoms with E-state index < -0.39 is 0 Å². The Hall–Kier alpha value is -1.33. The number of benzene rings is 1. The average molecular weight is 287 g/mol. The van der Waals surface area contributed by atoms with Crippen LogP contribution in [0.15, 0.2) is 22.7 Å². The Balaban J connectivity index is 1.63. The topological polar surface area (TPSA) is 51.0 Å². The summed E-state index contributed by atoms with van der Waals surface area (Å²) in [5.74, 6) is 2.72. The van der Waals surface area contributed by atoms with Gasteiger partial charge in [0.15, 0.2) is 5.82 Å². The van der Waals surface area contributed by atoms with Crippen LogP contribution in [-0.2, 0) is 13.0 Å². The molecule has 2 aliphatic heterocycles. The van der Waals surface area contributed by atoms with Crippen molar-refractivity contribution in [3.05, 3.63) is 35.2 Å². The van der Waals surface area contributed by atoms with Crippen molar-refractivity contribution >= 4 is 11.8 Å². The van der Waals surface area contributed by atoms with Crippen LogP contribution in [0.4, 0.5) is 0 Å². The summed E-state index contributed by atoms with van der Waals surface area (Å²) in [4.78, 5) is 4.59. The molecule has 2 aliphatic rings. The molecule has 2 aromatic rings. The minimum atomic E-state index is 0.423. The molecule has 0 spiro atoms. The Labute approximate surface area is 122 Å². The van der Waals surface area contributed by atoms with Crippen LogP contribution in [0.1, 0.15) is 35.0 Å². The van der Waals surface area contributed by atoms with E-state index in [-0.39, 0.29) is 0 Å². The van der Waals surface area contributed by atoms with Gasteiger partial charge in [-0.2, -0.15) is 16.7 Å². The molecule has 4 rings (SSSR count). The fourth-order valence-corrected chi connectivity index (χ4v) is 4.07. The highest BCUT2D eigenvalue weighted by atomic mass is 32.2. The second kappa shape index (κ2) is 5.22. The van der Waals surface area contributed by atoms with Crippen molar-refractivity contribution in [2.75, 3.05) is 12.3 Å². The average Bonchev–Trinajstić information content (AvgIpc) is 3.17. The van der Waals surface area contributed by atoms with Crippen LogP contribution in [0.5, 0.6) is 0 Å². The van der Waals surface area contributed by atoms with Crippen LogP contribution in [0, 0.1) is 0 Å². The van der Waals surface area contributed by atoms with Crippen molar-refractivity contribution in [2.24, 2.45) is 0 Å². The van der Waals surface area contributed by atoms with E-state index in [2.05, 4.69) is 33.7 Å². The van der Waals surface area contributed by atoms with Crippen molar-refractivity contribution in [3.8, 4) is 11.5 Å². The van der Waals surface area contributed by atoms with Gasteiger partial charge in [0.2, 0.25) is 0 Å². The Morgan fingerprint density at radius 2 is 2.30 bits per heavy atom. The summed E-state index contributed by atoms with van der Waals surface area (Å²) in [7, 11) is 0. The molecule has 1 N–H and O–H groups in total. The smallest absolute Gasteiger partial charge is 0.257 e. The second-order valence-electron chi connectivity index (χ2n) is 5.37. The molecular formula is C15H17N3OS. The first-order valence-electron chi connectivity index (χ1n) is 7.18. The minimum absolute atomic E-state index is 0.423. The largest absolute Gasteiger partial charge is 0.334 e. The zero-order valence-electron chi connectivity index (χ0n) is 11.3. The highest BCUT2D eigenvalue weighted by molar-refractivity contribution is 7.99. The third-order valence-corrected chi connectivity index (χ3v) is 5.37. The zero-order valence-corrected chi connectivity index (χ0v) is 12.1. The van der Waals surface area contributed by atoms with Gasteiger partial charge in [0.25, 0.3) is 5.89 Å². The molecule has 1 unspecified atom stereocenters. The monoisotopic (exact) mass is 287 g/mol. The number of thioether (sulfide) groups is 1. The maximum absolute atomic E-state index is 5.46. The fourth-order valence-electron chi connectivity index (χ4n) is 2.88. The lowest BCUT2D eigenvalue weighted by molar-refractivity contribution is 0.421. The molecule has 5 heteroatoms. The van der Waals surface area contributed by atoms with Crippen LogP contribution in [0.2, 0.25) is 0 Å². The highest BCUT2D eigenvalue weighted by Crippen LogP contribution is 2.39. The number of nitrogens with one attached hydrogen (secondary N) is 1. The number of nitrogens with zero attached hydrogens (tertiary/aromatic N) is 2. The lowest BCUT2D eigenvalue weighted by Gasteiger charge is -2.17. The Kier molecular flexibility index (Phi) is 3.24. The molecule has 1 aromatic heterocycles.